The van der Waals surface area contributed by atoms with Crippen LogP contribution in [0.25, 0.3) is 22.3 Å². The number of alkyl halides is 2. The molecule has 4 aromatic rings. The first-order valence-corrected chi connectivity index (χ1v) is 13.2. The molecule has 0 fully saturated rings. The van der Waals surface area contributed by atoms with Crippen molar-refractivity contribution in [1.82, 2.24) is 0 Å². The lowest BCUT2D eigenvalue weighted by Crippen LogP contribution is -2.25. The number of rotatable bonds is 11. The predicted molar refractivity (Wildman–Crippen MR) is 142 cm³/mol. The van der Waals surface area contributed by atoms with E-state index in [1.54, 1.807) is 6.07 Å². The van der Waals surface area contributed by atoms with Crippen LogP contribution in [-0.4, -0.2) is 0 Å². The van der Waals surface area contributed by atoms with Gasteiger partial charge in [0.1, 0.15) is 34.6 Å². The van der Waals surface area contributed by atoms with E-state index < -0.39 is 81.3 Å². The highest BCUT2D eigenvalue weighted by atomic mass is 19.3. The maximum Gasteiger partial charge on any atom is 0.432 e. The Kier molecular flexibility index (Phi) is 10.1. The summed E-state index contributed by atoms with van der Waals surface area (Å²) in [5.74, 6) is -12.6. The Morgan fingerprint density at radius 2 is 1.20 bits per heavy atom. The first kappa shape index (κ1) is 33.3. The summed E-state index contributed by atoms with van der Waals surface area (Å²) in [4.78, 5) is 0. The predicted octanol–water partition coefficient (Wildman–Crippen LogP) is 11.1. The molecule has 0 aliphatic rings. The van der Waals surface area contributed by atoms with Gasteiger partial charge in [0.2, 0.25) is 5.75 Å². The summed E-state index contributed by atoms with van der Waals surface area (Å²) in [6.07, 6.45) is -4.50. The molecule has 0 radical (unpaired) electrons. The summed E-state index contributed by atoms with van der Waals surface area (Å²) < 4.78 is 162. The van der Waals surface area contributed by atoms with Crippen molar-refractivity contribution in [3.8, 4) is 33.8 Å². The van der Waals surface area contributed by atoms with Gasteiger partial charge in [-0.3, -0.25) is 0 Å². The molecule has 4 rings (SSSR count). The van der Waals surface area contributed by atoms with Crippen LogP contribution in [0.3, 0.4) is 0 Å². The Morgan fingerprint density at radius 3 is 1.76 bits per heavy atom. The molecule has 0 amide bonds. The molecule has 2 nitrogen and oxygen atoms in total. The molecule has 0 spiro atoms. The summed E-state index contributed by atoms with van der Waals surface area (Å²) >= 11 is 0. The molecular formula is C32H21F11O2. The van der Waals surface area contributed by atoms with E-state index in [0.29, 0.717) is 18.6 Å². The van der Waals surface area contributed by atoms with E-state index in [9.17, 15) is 43.9 Å². The topological polar surface area (TPSA) is 18.5 Å². The van der Waals surface area contributed by atoms with Crippen molar-refractivity contribution < 1.29 is 57.8 Å². The van der Waals surface area contributed by atoms with Gasteiger partial charge in [-0.15, -0.1) is 0 Å². The molecule has 238 valence electrons. The largest absolute Gasteiger partial charge is 0.432 e. The number of hydrogen-bond acceptors (Lipinski definition) is 2. The van der Waals surface area contributed by atoms with Crippen molar-refractivity contribution in [3.63, 3.8) is 0 Å². The fourth-order valence-corrected chi connectivity index (χ4v) is 4.47. The fraction of sp³-hybridized carbons (Fsp3) is 0.188. The van der Waals surface area contributed by atoms with Gasteiger partial charge in [-0.2, -0.15) is 22.0 Å². The normalized spacial score (nSPS) is 11.5. The van der Waals surface area contributed by atoms with Crippen LogP contribution in [0.4, 0.5) is 48.3 Å². The second kappa shape index (κ2) is 13.6. The van der Waals surface area contributed by atoms with E-state index in [1.165, 1.54) is 18.2 Å². The molecule has 0 N–H and O–H groups in total. The van der Waals surface area contributed by atoms with Crippen LogP contribution in [0, 0.1) is 34.9 Å². The van der Waals surface area contributed by atoms with Gasteiger partial charge in [0, 0.05) is 23.3 Å². The molecule has 4 aromatic carbocycles. The molecule has 13 heteroatoms. The van der Waals surface area contributed by atoms with E-state index in [1.807, 2.05) is 6.92 Å². The molecule has 0 unspecified atom stereocenters. The lowest BCUT2D eigenvalue weighted by Gasteiger charge is -2.20. The van der Waals surface area contributed by atoms with Crippen LogP contribution in [0.15, 0.2) is 72.8 Å². The van der Waals surface area contributed by atoms with Gasteiger partial charge in [-0.05, 0) is 53.8 Å². The Bertz CT molecular complexity index is 1700. The molecule has 0 aliphatic heterocycles. The first-order chi connectivity index (χ1) is 21.2. The Balaban J connectivity index is 1.59. The third kappa shape index (κ3) is 7.58. The van der Waals surface area contributed by atoms with E-state index in [2.05, 4.69) is 9.47 Å². The van der Waals surface area contributed by atoms with Crippen LogP contribution < -0.4 is 9.47 Å². The van der Waals surface area contributed by atoms with E-state index >= 15 is 4.39 Å². The molecule has 0 bridgehead atoms. The number of hydrogen-bond donors (Lipinski definition) is 0. The summed E-state index contributed by atoms with van der Waals surface area (Å²) in [6.45, 7) is 2.03. The Labute approximate surface area is 249 Å². The SMILES string of the molecule is CCCCCc1ccc(-c2ccc(-c3cc(F)c(C(F)(F)Oc4cc(F)c(OC(F)=C(F)F)c(F)c4)c(F)c3)c(F)c2)c(F)c1. The first-order valence-electron chi connectivity index (χ1n) is 13.2. The van der Waals surface area contributed by atoms with Crippen LogP contribution in [0.2, 0.25) is 0 Å². The van der Waals surface area contributed by atoms with Crippen molar-refractivity contribution in [1.29, 1.82) is 0 Å². The lowest BCUT2D eigenvalue weighted by atomic mass is 9.96. The van der Waals surface area contributed by atoms with E-state index in [-0.39, 0.29) is 23.3 Å². The Morgan fingerprint density at radius 1 is 0.644 bits per heavy atom. The third-order valence-corrected chi connectivity index (χ3v) is 6.58. The summed E-state index contributed by atoms with van der Waals surface area (Å²) in [7, 11) is 0. The molecule has 0 saturated carbocycles. The van der Waals surface area contributed by atoms with Crippen LogP contribution in [0.5, 0.6) is 11.5 Å². The maximum atomic E-state index is 15.1. The molecule has 45 heavy (non-hydrogen) atoms. The zero-order chi connectivity index (χ0) is 33.1. The maximum absolute atomic E-state index is 15.1. The Hall–Kier alpha value is -4.55. The second-order valence-electron chi connectivity index (χ2n) is 9.75. The lowest BCUT2D eigenvalue weighted by molar-refractivity contribution is -0.189. The molecule has 0 aromatic heterocycles. The number of unbranched alkanes of at least 4 members (excludes halogenated alkanes) is 2. The average Bonchev–Trinajstić information content (AvgIpc) is 2.94. The number of aryl methyl sites for hydroxylation is 1. The summed E-state index contributed by atoms with van der Waals surface area (Å²) in [5, 5.41) is 0. The number of halogens is 11. The number of benzene rings is 4. The minimum atomic E-state index is -4.92. The molecule has 0 atom stereocenters. The quantitative estimate of drug-likeness (QED) is 0.0917. The zero-order valence-corrected chi connectivity index (χ0v) is 23.1. The van der Waals surface area contributed by atoms with Gasteiger partial charge in [-0.1, -0.05) is 44.0 Å². The average molecular weight is 646 g/mol. The third-order valence-electron chi connectivity index (χ3n) is 6.58. The molecule has 0 saturated heterocycles. The van der Waals surface area contributed by atoms with Gasteiger partial charge in [0.05, 0.1) is 0 Å². The monoisotopic (exact) mass is 646 g/mol. The smallest absolute Gasteiger partial charge is 0.429 e. The van der Waals surface area contributed by atoms with Crippen molar-refractivity contribution in [2.75, 3.05) is 0 Å². The highest BCUT2D eigenvalue weighted by Gasteiger charge is 2.42. The van der Waals surface area contributed by atoms with Crippen molar-refractivity contribution in [3.05, 3.63) is 119 Å². The summed E-state index contributed by atoms with van der Waals surface area (Å²) in [6, 6.07) is 5.75. The minimum absolute atomic E-state index is 0.0281. The zero-order valence-electron chi connectivity index (χ0n) is 23.1. The van der Waals surface area contributed by atoms with Crippen molar-refractivity contribution >= 4 is 0 Å². The molecule has 0 aliphatic carbocycles. The van der Waals surface area contributed by atoms with Crippen LogP contribution >= 0.6 is 0 Å². The van der Waals surface area contributed by atoms with Crippen LogP contribution in [0.1, 0.15) is 37.3 Å². The van der Waals surface area contributed by atoms with Gasteiger partial charge in [0.25, 0.3) is 0 Å². The highest BCUT2D eigenvalue weighted by molar-refractivity contribution is 5.72. The highest BCUT2D eigenvalue weighted by Crippen LogP contribution is 2.39. The molecular weight excluding hydrogens is 625 g/mol. The second-order valence-corrected chi connectivity index (χ2v) is 9.75. The van der Waals surface area contributed by atoms with Gasteiger partial charge in [0.15, 0.2) is 11.6 Å². The van der Waals surface area contributed by atoms with Crippen molar-refractivity contribution in [2.24, 2.45) is 0 Å². The van der Waals surface area contributed by atoms with E-state index in [0.717, 1.165) is 37.0 Å². The number of ether oxygens (including phenoxy) is 2. The van der Waals surface area contributed by atoms with Crippen LogP contribution in [-0.2, 0) is 12.5 Å². The van der Waals surface area contributed by atoms with Gasteiger partial charge >= 0.3 is 18.2 Å². The van der Waals surface area contributed by atoms with Gasteiger partial charge in [-0.25, -0.2) is 26.3 Å². The standard InChI is InChI=1S/C32H21F11O2/c1-2-3-4-5-16-6-8-20(22(33)10-16)17-7-9-21(23(34)11-17)18-12-24(35)28(25(36)13-18)32(42,43)45-19-14-26(37)29(27(38)15-19)44-31(41)30(39)40/h6-15H,2-5H2,1H3. The fourth-order valence-electron chi connectivity index (χ4n) is 4.47. The van der Waals surface area contributed by atoms with Crippen molar-refractivity contribution in [2.45, 2.75) is 38.7 Å². The molecule has 0 heterocycles. The van der Waals surface area contributed by atoms with E-state index in [4.69, 9.17) is 0 Å². The summed E-state index contributed by atoms with van der Waals surface area (Å²) in [5.41, 5.74) is -2.03. The minimum Gasteiger partial charge on any atom is -0.429 e. The van der Waals surface area contributed by atoms with Gasteiger partial charge < -0.3 is 9.47 Å².